The van der Waals surface area contributed by atoms with Gasteiger partial charge in [-0.3, -0.25) is 0 Å². The molecule has 0 aliphatic carbocycles. The molecule has 0 saturated heterocycles. The zero-order chi connectivity index (χ0) is 13.2. The molecular formula is C10H13N5O2S. The highest BCUT2D eigenvalue weighted by Crippen LogP contribution is 2.16. The van der Waals surface area contributed by atoms with Crippen molar-refractivity contribution < 1.29 is 8.42 Å². The van der Waals surface area contributed by atoms with Gasteiger partial charge in [-0.05, 0) is 25.5 Å². The smallest absolute Gasteiger partial charge is 0.207 e. The van der Waals surface area contributed by atoms with Crippen LogP contribution in [0.2, 0.25) is 0 Å². The number of benzene rings is 1. The van der Waals surface area contributed by atoms with Crippen molar-refractivity contribution in [3.8, 4) is 0 Å². The van der Waals surface area contributed by atoms with E-state index in [0.717, 1.165) is 0 Å². The third-order valence-corrected chi connectivity index (χ3v) is 4.17. The zero-order valence-corrected chi connectivity index (χ0v) is 10.8. The van der Waals surface area contributed by atoms with Crippen molar-refractivity contribution in [2.75, 3.05) is 0 Å². The summed E-state index contributed by atoms with van der Waals surface area (Å²) in [5.41, 5.74) is 0.685. The van der Waals surface area contributed by atoms with Crippen molar-refractivity contribution in [2.24, 2.45) is 0 Å². The van der Waals surface area contributed by atoms with E-state index < -0.39 is 16.1 Å². The Bertz CT molecular complexity index is 623. The molecule has 0 fully saturated rings. The Balaban J connectivity index is 2.26. The summed E-state index contributed by atoms with van der Waals surface area (Å²) in [6, 6.07) is 6.22. The molecule has 1 aromatic heterocycles. The molecule has 0 aliphatic heterocycles. The lowest BCUT2D eigenvalue weighted by atomic mass is 10.2. The Hall–Kier alpha value is -1.80. The molecule has 0 spiro atoms. The predicted octanol–water partition coefficient (Wildman–Crippen LogP) is 0.548. The molecule has 2 rings (SSSR count). The molecule has 2 N–H and O–H groups in total. The fourth-order valence-corrected chi connectivity index (χ4v) is 3.01. The topological polar surface area (TPSA) is 101 Å². The number of nitrogens with one attached hydrogen (secondary N) is 2. The Morgan fingerprint density at radius 2 is 2.06 bits per heavy atom. The summed E-state index contributed by atoms with van der Waals surface area (Å²) >= 11 is 0. The number of tetrazole rings is 1. The summed E-state index contributed by atoms with van der Waals surface area (Å²) in [6.07, 6.45) is 0. The van der Waals surface area contributed by atoms with Gasteiger partial charge in [0.2, 0.25) is 10.0 Å². The summed E-state index contributed by atoms with van der Waals surface area (Å²) in [5.74, 6) is 0.298. The van der Waals surface area contributed by atoms with Gasteiger partial charge in [-0.1, -0.05) is 23.4 Å². The molecule has 0 bridgehead atoms. The average Bonchev–Trinajstić information content (AvgIpc) is 2.82. The van der Waals surface area contributed by atoms with E-state index in [-0.39, 0.29) is 4.90 Å². The number of rotatable bonds is 4. The Labute approximate surface area is 105 Å². The quantitative estimate of drug-likeness (QED) is 0.842. The number of H-pyrrole nitrogens is 1. The summed E-state index contributed by atoms with van der Waals surface area (Å²) < 4.78 is 26.8. The molecule has 18 heavy (non-hydrogen) atoms. The lowest BCUT2D eigenvalue weighted by Crippen LogP contribution is -2.28. The van der Waals surface area contributed by atoms with Crippen LogP contribution in [-0.2, 0) is 10.0 Å². The average molecular weight is 267 g/mol. The first-order valence-electron chi connectivity index (χ1n) is 5.32. The largest absolute Gasteiger partial charge is 0.241 e. The molecule has 1 heterocycles. The minimum absolute atomic E-state index is 0.250. The highest BCUT2D eigenvalue weighted by molar-refractivity contribution is 7.89. The standard InChI is InChI=1S/C10H13N5O2S/c1-7-5-3-4-6-9(7)18(16,17)13-8(2)10-11-14-15-12-10/h3-6,8,13H,1-2H3,(H,11,12,14,15). The van der Waals surface area contributed by atoms with Gasteiger partial charge in [0.1, 0.15) is 0 Å². The van der Waals surface area contributed by atoms with E-state index in [1.807, 2.05) is 0 Å². The van der Waals surface area contributed by atoms with Gasteiger partial charge in [-0.2, -0.15) is 5.21 Å². The van der Waals surface area contributed by atoms with Crippen LogP contribution in [-0.4, -0.2) is 29.0 Å². The number of hydrogen-bond acceptors (Lipinski definition) is 5. The van der Waals surface area contributed by atoms with Crippen molar-refractivity contribution in [2.45, 2.75) is 24.8 Å². The van der Waals surface area contributed by atoms with Crippen LogP contribution in [0, 0.1) is 6.92 Å². The van der Waals surface area contributed by atoms with Gasteiger partial charge < -0.3 is 0 Å². The molecule has 2 aromatic rings. The zero-order valence-electron chi connectivity index (χ0n) is 9.95. The summed E-state index contributed by atoms with van der Waals surface area (Å²) in [5, 5.41) is 13.2. The number of sulfonamides is 1. The van der Waals surface area contributed by atoms with Crippen molar-refractivity contribution in [1.29, 1.82) is 0 Å². The van der Waals surface area contributed by atoms with Crippen LogP contribution in [0.1, 0.15) is 24.4 Å². The molecule has 0 radical (unpaired) electrons. The molecule has 0 amide bonds. The van der Waals surface area contributed by atoms with Gasteiger partial charge in [0.15, 0.2) is 5.82 Å². The maximum absolute atomic E-state index is 12.2. The SMILES string of the molecule is Cc1ccccc1S(=O)(=O)NC(C)c1nn[nH]n1. The Morgan fingerprint density at radius 1 is 1.33 bits per heavy atom. The van der Waals surface area contributed by atoms with Crippen molar-refractivity contribution >= 4 is 10.0 Å². The Morgan fingerprint density at radius 3 is 2.67 bits per heavy atom. The van der Waals surface area contributed by atoms with Gasteiger partial charge >= 0.3 is 0 Å². The summed E-state index contributed by atoms with van der Waals surface area (Å²) in [7, 11) is -3.59. The number of aryl methyl sites for hydroxylation is 1. The van der Waals surface area contributed by atoms with Crippen LogP contribution in [0.15, 0.2) is 29.2 Å². The van der Waals surface area contributed by atoms with Gasteiger partial charge in [-0.25, -0.2) is 13.1 Å². The lowest BCUT2D eigenvalue weighted by Gasteiger charge is -2.12. The fourth-order valence-electron chi connectivity index (χ4n) is 1.56. The molecule has 1 aromatic carbocycles. The maximum Gasteiger partial charge on any atom is 0.241 e. The van der Waals surface area contributed by atoms with Crippen molar-refractivity contribution in [1.82, 2.24) is 25.3 Å². The van der Waals surface area contributed by atoms with Crippen molar-refractivity contribution in [3.05, 3.63) is 35.7 Å². The summed E-state index contributed by atoms with van der Waals surface area (Å²) in [6.45, 7) is 3.40. The van der Waals surface area contributed by atoms with E-state index >= 15 is 0 Å². The molecule has 7 nitrogen and oxygen atoms in total. The van der Waals surface area contributed by atoms with Crippen LogP contribution in [0.3, 0.4) is 0 Å². The molecule has 0 saturated carbocycles. The van der Waals surface area contributed by atoms with Gasteiger partial charge in [-0.15, -0.1) is 10.2 Å². The monoisotopic (exact) mass is 267 g/mol. The van der Waals surface area contributed by atoms with E-state index in [0.29, 0.717) is 11.4 Å². The van der Waals surface area contributed by atoms with Crippen LogP contribution in [0.4, 0.5) is 0 Å². The molecule has 1 unspecified atom stereocenters. The maximum atomic E-state index is 12.2. The third-order valence-electron chi connectivity index (χ3n) is 2.46. The fraction of sp³-hybridized carbons (Fsp3) is 0.300. The second kappa shape index (κ2) is 4.83. The molecule has 96 valence electrons. The van der Waals surface area contributed by atoms with Crippen molar-refractivity contribution in [3.63, 3.8) is 0 Å². The Kier molecular flexibility index (Phi) is 3.39. The van der Waals surface area contributed by atoms with Crippen LogP contribution >= 0.6 is 0 Å². The lowest BCUT2D eigenvalue weighted by molar-refractivity contribution is 0.559. The second-order valence-electron chi connectivity index (χ2n) is 3.88. The van der Waals surface area contributed by atoms with Gasteiger partial charge in [0.25, 0.3) is 0 Å². The number of nitrogens with zero attached hydrogens (tertiary/aromatic N) is 3. The van der Waals surface area contributed by atoms with Crippen LogP contribution in [0.25, 0.3) is 0 Å². The second-order valence-corrected chi connectivity index (χ2v) is 5.56. The molecule has 1 atom stereocenters. The highest BCUT2D eigenvalue weighted by Gasteiger charge is 2.21. The number of hydrogen-bond donors (Lipinski definition) is 2. The minimum atomic E-state index is -3.59. The normalized spacial score (nSPS) is 13.4. The van der Waals surface area contributed by atoms with E-state index in [1.165, 1.54) is 0 Å². The van der Waals surface area contributed by atoms with E-state index in [4.69, 9.17) is 0 Å². The molecular weight excluding hydrogens is 254 g/mol. The summed E-state index contributed by atoms with van der Waals surface area (Å²) in [4.78, 5) is 0.250. The first-order valence-corrected chi connectivity index (χ1v) is 6.80. The van der Waals surface area contributed by atoms with Crippen LogP contribution < -0.4 is 4.72 Å². The molecule has 0 aliphatic rings. The van der Waals surface area contributed by atoms with Gasteiger partial charge in [0, 0.05) is 0 Å². The minimum Gasteiger partial charge on any atom is -0.207 e. The van der Waals surface area contributed by atoms with Crippen LogP contribution in [0.5, 0.6) is 0 Å². The number of aromatic amines is 1. The van der Waals surface area contributed by atoms with Gasteiger partial charge in [0.05, 0.1) is 10.9 Å². The first kappa shape index (κ1) is 12.7. The first-order chi connectivity index (χ1) is 8.50. The molecule has 8 heteroatoms. The van der Waals surface area contributed by atoms with E-state index in [2.05, 4.69) is 25.3 Å². The third kappa shape index (κ3) is 2.54. The van der Waals surface area contributed by atoms with E-state index in [9.17, 15) is 8.42 Å². The number of aromatic nitrogens is 4. The highest BCUT2D eigenvalue weighted by atomic mass is 32.2. The van der Waals surface area contributed by atoms with E-state index in [1.54, 1.807) is 38.1 Å². The predicted molar refractivity (Wildman–Crippen MR) is 64.1 cm³/mol.